The van der Waals surface area contributed by atoms with Crippen molar-refractivity contribution in [2.45, 2.75) is 24.8 Å². The minimum atomic E-state index is -3.71. The van der Waals surface area contributed by atoms with Crippen LogP contribution in [0, 0.1) is 0 Å². The Labute approximate surface area is 147 Å². The van der Waals surface area contributed by atoms with Crippen molar-refractivity contribution >= 4 is 21.9 Å². The van der Waals surface area contributed by atoms with E-state index in [-0.39, 0.29) is 23.5 Å². The summed E-state index contributed by atoms with van der Waals surface area (Å²) < 4.78 is 36.8. The fourth-order valence-electron chi connectivity index (χ4n) is 2.32. The van der Waals surface area contributed by atoms with Crippen molar-refractivity contribution in [3.8, 4) is 0 Å². The van der Waals surface area contributed by atoms with Crippen LogP contribution in [-0.4, -0.2) is 63.6 Å². The number of hydrogen-bond acceptors (Lipinski definition) is 6. The van der Waals surface area contributed by atoms with Gasteiger partial charge in [-0.1, -0.05) is 6.07 Å². The van der Waals surface area contributed by atoms with Crippen LogP contribution in [-0.2, 0) is 24.3 Å². The summed E-state index contributed by atoms with van der Waals surface area (Å²) in [5.74, 6) is -1.16. The third-order valence-electron chi connectivity index (χ3n) is 3.68. The number of rotatable bonds is 6. The molecule has 1 aliphatic heterocycles. The molecule has 1 heterocycles. The number of carbonyl (C=O) groups is 2. The lowest BCUT2D eigenvalue weighted by atomic mass is 10.2. The summed E-state index contributed by atoms with van der Waals surface area (Å²) in [4.78, 5) is 23.8. The molecule has 1 saturated heterocycles. The van der Waals surface area contributed by atoms with Crippen LogP contribution in [0.5, 0.6) is 0 Å². The highest BCUT2D eigenvalue weighted by Gasteiger charge is 2.27. The quantitative estimate of drug-likeness (QED) is 0.727. The van der Waals surface area contributed by atoms with Gasteiger partial charge in [0.25, 0.3) is 5.91 Å². The first-order valence-corrected chi connectivity index (χ1v) is 9.47. The second-order valence-electron chi connectivity index (χ2n) is 5.49. The topological polar surface area (TPSA) is 102 Å². The summed E-state index contributed by atoms with van der Waals surface area (Å²) in [6, 6.07) is 5.61. The average Bonchev–Trinajstić information content (AvgIpc) is 2.62. The lowest BCUT2D eigenvalue weighted by Crippen LogP contribution is -2.40. The van der Waals surface area contributed by atoms with Gasteiger partial charge in [0.2, 0.25) is 10.0 Å². The van der Waals surface area contributed by atoms with Gasteiger partial charge in [-0.3, -0.25) is 4.79 Å². The van der Waals surface area contributed by atoms with Gasteiger partial charge < -0.3 is 14.8 Å². The molecule has 2 rings (SSSR count). The van der Waals surface area contributed by atoms with Crippen LogP contribution in [0.15, 0.2) is 29.2 Å². The summed E-state index contributed by atoms with van der Waals surface area (Å²) >= 11 is 0. The summed E-state index contributed by atoms with van der Waals surface area (Å²) in [5, 5.41) is 2.55. The molecular formula is C16H22N2O6S. The molecule has 1 aliphatic rings. The number of nitrogens with one attached hydrogen (secondary N) is 1. The number of esters is 1. The maximum atomic E-state index is 12.6. The molecule has 25 heavy (non-hydrogen) atoms. The summed E-state index contributed by atoms with van der Waals surface area (Å²) in [7, 11) is -3.71. The average molecular weight is 370 g/mol. The Hall–Kier alpha value is -1.97. The molecular weight excluding hydrogens is 348 g/mol. The van der Waals surface area contributed by atoms with Crippen molar-refractivity contribution in [1.29, 1.82) is 0 Å². The molecule has 1 fully saturated rings. The Morgan fingerprint density at radius 2 is 2.00 bits per heavy atom. The molecule has 1 aromatic rings. The maximum Gasteiger partial charge on any atom is 0.338 e. The maximum absolute atomic E-state index is 12.6. The zero-order valence-electron chi connectivity index (χ0n) is 14.2. The van der Waals surface area contributed by atoms with E-state index in [9.17, 15) is 18.0 Å². The SMILES string of the molecule is CCNC(=O)[C@H](C)OC(=O)c1cccc(S(=O)(=O)N2CCOCC2)c1. The molecule has 0 aliphatic carbocycles. The van der Waals surface area contributed by atoms with Gasteiger partial charge in [0.1, 0.15) is 0 Å². The number of likely N-dealkylation sites (N-methyl/N-ethyl adjacent to an activating group) is 1. The molecule has 0 radical (unpaired) electrons. The van der Waals surface area contributed by atoms with Crippen LogP contribution in [0.2, 0.25) is 0 Å². The number of morpholine rings is 1. The number of nitrogens with zero attached hydrogens (tertiary/aromatic N) is 1. The van der Waals surface area contributed by atoms with E-state index in [0.717, 1.165) is 0 Å². The molecule has 1 N–H and O–H groups in total. The molecule has 8 nitrogen and oxygen atoms in total. The third-order valence-corrected chi connectivity index (χ3v) is 5.58. The fraction of sp³-hybridized carbons (Fsp3) is 0.500. The second kappa shape index (κ2) is 8.41. The van der Waals surface area contributed by atoms with Crippen LogP contribution >= 0.6 is 0 Å². The van der Waals surface area contributed by atoms with Crippen LogP contribution in [0.25, 0.3) is 0 Å². The van der Waals surface area contributed by atoms with Gasteiger partial charge in [-0.2, -0.15) is 4.31 Å². The smallest absolute Gasteiger partial charge is 0.338 e. The molecule has 0 unspecified atom stereocenters. The number of sulfonamides is 1. The fourth-order valence-corrected chi connectivity index (χ4v) is 3.77. The first-order valence-electron chi connectivity index (χ1n) is 8.03. The number of amides is 1. The molecule has 0 spiro atoms. The Morgan fingerprint density at radius 3 is 2.64 bits per heavy atom. The molecule has 1 atom stereocenters. The predicted molar refractivity (Wildman–Crippen MR) is 89.6 cm³/mol. The number of hydrogen-bond donors (Lipinski definition) is 1. The van der Waals surface area contributed by atoms with Crippen molar-refractivity contribution in [2.24, 2.45) is 0 Å². The van der Waals surface area contributed by atoms with E-state index in [1.165, 1.54) is 35.5 Å². The van der Waals surface area contributed by atoms with E-state index in [0.29, 0.717) is 19.8 Å². The largest absolute Gasteiger partial charge is 0.449 e. The minimum Gasteiger partial charge on any atom is -0.449 e. The van der Waals surface area contributed by atoms with Gasteiger partial charge in [0, 0.05) is 19.6 Å². The van der Waals surface area contributed by atoms with E-state index in [4.69, 9.17) is 9.47 Å². The minimum absolute atomic E-state index is 0.00881. The van der Waals surface area contributed by atoms with Crippen LogP contribution < -0.4 is 5.32 Å². The van der Waals surface area contributed by atoms with E-state index in [2.05, 4.69) is 5.32 Å². The number of carbonyl (C=O) groups excluding carboxylic acids is 2. The molecule has 9 heteroatoms. The third kappa shape index (κ3) is 4.77. The molecule has 138 valence electrons. The molecule has 0 aromatic heterocycles. The van der Waals surface area contributed by atoms with Gasteiger partial charge in [-0.05, 0) is 32.0 Å². The highest BCUT2D eigenvalue weighted by Crippen LogP contribution is 2.19. The van der Waals surface area contributed by atoms with Crippen LogP contribution in [0.4, 0.5) is 0 Å². The lowest BCUT2D eigenvalue weighted by molar-refractivity contribution is -0.128. The Bertz CT molecular complexity index is 728. The van der Waals surface area contributed by atoms with Gasteiger partial charge in [-0.15, -0.1) is 0 Å². The molecule has 0 bridgehead atoms. The van der Waals surface area contributed by atoms with Crippen molar-refractivity contribution in [3.05, 3.63) is 29.8 Å². The highest BCUT2D eigenvalue weighted by molar-refractivity contribution is 7.89. The molecule has 1 aromatic carbocycles. The van der Waals surface area contributed by atoms with Crippen LogP contribution in [0.3, 0.4) is 0 Å². The van der Waals surface area contributed by atoms with Crippen LogP contribution in [0.1, 0.15) is 24.2 Å². The summed E-state index contributed by atoms with van der Waals surface area (Å²) in [6.45, 7) is 4.85. The monoisotopic (exact) mass is 370 g/mol. The van der Waals surface area contributed by atoms with E-state index in [1.54, 1.807) is 6.92 Å². The Kier molecular flexibility index (Phi) is 6.51. The summed E-state index contributed by atoms with van der Waals surface area (Å²) in [6.07, 6.45) is -0.966. The normalized spacial score (nSPS) is 16.9. The van der Waals surface area contributed by atoms with Gasteiger partial charge >= 0.3 is 5.97 Å². The Morgan fingerprint density at radius 1 is 1.32 bits per heavy atom. The van der Waals surface area contributed by atoms with Gasteiger partial charge in [0.05, 0.1) is 23.7 Å². The highest BCUT2D eigenvalue weighted by atomic mass is 32.2. The molecule has 1 amide bonds. The van der Waals surface area contributed by atoms with Crippen molar-refractivity contribution in [3.63, 3.8) is 0 Å². The first-order chi connectivity index (χ1) is 11.9. The van der Waals surface area contributed by atoms with Crippen molar-refractivity contribution < 1.29 is 27.5 Å². The second-order valence-corrected chi connectivity index (χ2v) is 7.42. The van der Waals surface area contributed by atoms with Crippen molar-refractivity contribution in [1.82, 2.24) is 9.62 Å². The van der Waals surface area contributed by atoms with Gasteiger partial charge in [-0.25, -0.2) is 13.2 Å². The summed E-state index contributed by atoms with van der Waals surface area (Å²) in [5.41, 5.74) is 0.0745. The predicted octanol–water partition coefficient (Wildman–Crippen LogP) is 0.389. The standard InChI is InChI=1S/C16H22N2O6S/c1-3-17-15(19)12(2)24-16(20)13-5-4-6-14(11-13)25(21,22)18-7-9-23-10-8-18/h4-6,11-12H,3,7-10H2,1-2H3,(H,17,19)/t12-/m0/s1. The van der Waals surface area contributed by atoms with Gasteiger partial charge in [0.15, 0.2) is 6.10 Å². The van der Waals surface area contributed by atoms with Crippen molar-refractivity contribution in [2.75, 3.05) is 32.8 Å². The zero-order chi connectivity index (χ0) is 18.4. The zero-order valence-corrected chi connectivity index (χ0v) is 15.0. The lowest BCUT2D eigenvalue weighted by Gasteiger charge is -2.26. The van der Waals surface area contributed by atoms with E-state index >= 15 is 0 Å². The van der Waals surface area contributed by atoms with E-state index in [1.807, 2.05) is 0 Å². The Balaban J connectivity index is 2.15. The van der Waals surface area contributed by atoms with E-state index < -0.39 is 28.0 Å². The number of ether oxygens (including phenoxy) is 2. The first kappa shape index (κ1) is 19.4. The number of benzene rings is 1. The molecule has 0 saturated carbocycles.